The number of hydrogen-bond acceptors (Lipinski definition) is 6. The molecule has 0 aromatic heterocycles. The summed E-state index contributed by atoms with van der Waals surface area (Å²) in [5.74, 6) is 1.04. The normalized spacial score (nSPS) is 12.2. The van der Waals surface area contributed by atoms with Gasteiger partial charge in [0.25, 0.3) is 0 Å². The van der Waals surface area contributed by atoms with Crippen molar-refractivity contribution in [1.29, 1.82) is 0 Å². The number of benzene rings is 2. The fourth-order valence-electron chi connectivity index (χ4n) is 2.48. The summed E-state index contributed by atoms with van der Waals surface area (Å²) in [5.41, 5.74) is 1.07. The summed E-state index contributed by atoms with van der Waals surface area (Å²) in [4.78, 5) is 12.1. The minimum atomic E-state index is -3.23. The molecule has 7 nitrogen and oxygen atoms in total. The number of aliphatic hydroxyl groups excluding tert-OH is 1. The Morgan fingerprint density at radius 1 is 1.10 bits per heavy atom. The van der Waals surface area contributed by atoms with Crippen LogP contribution in [0.1, 0.15) is 18.4 Å². The highest BCUT2D eigenvalue weighted by Crippen LogP contribution is 2.16. The molecule has 0 spiro atoms. The van der Waals surface area contributed by atoms with Crippen molar-refractivity contribution in [2.24, 2.45) is 0 Å². The zero-order valence-electron chi connectivity index (χ0n) is 16.6. The van der Waals surface area contributed by atoms with Gasteiger partial charge in [-0.3, -0.25) is 4.79 Å². The van der Waals surface area contributed by atoms with Gasteiger partial charge in [0, 0.05) is 19.2 Å². The quantitative estimate of drug-likeness (QED) is 0.539. The van der Waals surface area contributed by atoms with Gasteiger partial charge in [-0.25, -0.2) is 8.42 Å². The van der Waals surface area contributed by atoms with Crippen LogP contribution in [0.3, 0.4) is 0 Å². The number of carbonyl (C=O) groups excluding carboxylic acids is 1. The third-order valence-corrected chi connectivity index (χ3v) is 5.16. The molecule has 0 bridgehead atoms. The second-order valence-electron chi connectivity index (χ2n) is 6.78. The summed E-state index contributed by atoms with van der Waals surface area (Å²) in [5, 5.41) is 12.6. The Morgan fingerprint density at radius 2 is 1.83 bits per heavy atom. The van der Waals surface area contributed by atoms with E-state index in [0.29, 0.717) is 24.5 Å². The second-order valence-corrected chi connectivity index (χ2v) is 8.80. The van der Waals surface area contributed by atoms with Crippen LogP contribution >= 0.6 is 0 Å². The molecule has 0 saturated heterocycles. The number of ether oxygens (including phenoxy) is 2. The Bertz CT molecular complexity index is 896. The van der Waals surface area contributed by atoms with E-state index >= 15 is 0 Å². The van der Waals surface area contributed by atoms with E-state index in [1.807, 2.05) is 31.2 Å². The highest BCUT2D eigenvalue weighted by atomic mass is 32.2. The monoisotopic (exact) mass is 421 g/mol. The molecule has 0 aliphatic carbocycles. The minimum Gasteiger partial charge on any atom is -0.494 e. The van der Waals surface area contributed by atoms with E-state index in [4.69, 9.17) is 9.47 Å². The molecule has 0 saturated carbocycles. The van der Waals surface area contributed by atoms with Crippen molar-refractivity contribution in [1.82, 2.24) is 5.32 Å². The molecule has 0 aliphatic rings. The SMILES string of the molecule is Cc1cccc(OCC(O)CNC(=O)CCCOc2ccc(S(C)(=O)=O)cc2)c1. The summed E-state index contributed by atoms with van der Waals surface area (Å²) in [6.07, 6.45) is 1.10. The smallest absolute Gasteiger partial charge is 0.220 e. The van der Waals surface area contributed by atoms with Crippen molar-refractivity contribution in [2.75, 3.05) is 26.0 Å². The zero-order valence-corrected chi connectivity index (χ0v) is 17.4. The molecule has 2 rings (SSSR count). The Hall–Kier alpha value is -2.58. The first-order valence-electron chi connectivity index (χ1n) is 9.31. The van der Waals surface area contributed by atoms with Gasteiger partial charge in [-0.1, -0.05) is 12.1 Å². The second kappa shape index (κ2) is 10.8. The van der Waals surface area contributed by atoms with Crippen LogP contribution in [0.4, 0.5) is 0 Å². The fourth-order valence-corrected chi connectivity index (χ4v) is 3.11. The van der Waals surface area contributed by atoms with E-state index in [-0.39, 0.29) is 30.4 Å². The maximum atomic E-state index is 11.8. The molecule has 1 atom stereocenters. The predicted octanol–water partition coefficient (Wildman–Crippen LogP) is 2.11. The highest BCUT2D eigenvalue weighted by molar-refractivity contribution is 7.90. The lowest BCUT2D eigenvalue weighted by Crippen LogP contribution is -2.35. The topological polar surface area (TPSA) is 102 Å². The van der Waals surface area contributed by atoms with E-state index in [9.17, 15) is 18.3 Å². The summed E-state index contributed by atoms with van der Waals surface area (Å²) >= 11 is 0. The van der Waals surface area contributed by atoms with Crippen LogP contribution in [0.15, 0.2) is 53.4 Å². The van der Waals surface area contributed by atoms with Crippen LogP contribution in [0.5, 0.6) is 11.5 Å². The van der Waals surface area contributed by atoms with Crippen LogP contribution in [0, 0.1) is 6.92 Å². The molecule has 1 amide bonds. The molecule has 0 fully saturated rings. The number of aliphatic hydroxyl groups is 1. The molecule has 29 heavy (non-hydrogen) atoms. The standard InChI is InChI=1S/C21H27NO6S/c1-16-5-3-6-19(13-16)28-15-17(23)14-22-21(24)7-4-12-27-18-8-10-20(11-9-18)29(2,25)26/h3,5-6,8-11,13,17,23H,4,7,12,14-15H2,1-2H3,(H,22,24). The number of hydrogen-bond donors (Lipinski definition) is 2. The van der Waals surface area contributed by atoms with Gasteiger partial charge < -0.3 is 19.9 Å². The van der Waals surface area contributed by atoms with Crippen LogP contribution < -0.4 is 14.8 Å². The van der Waals surface area contributed by atoms with Gasteiger partial charge in [-0.15, -0.1) is 0 Å². The number of nitrogens with one attached hydrogen (secondary N) is 1. The maximum absolute atomic E-state index is 11.8. The lowest BCUT2D eigenvalue weighted by atomic mass is 10.2. The van der Waals surface area contributed by atoms with Crippen molar-refractivity contribution in [3.05, 3.63) is 54.1 Å². The largest absolute Gasteiger partial charge is 0.494 e. The van der Waals surface area contributed by atoms with Gasteiger partial charge in [0.15, 0.2) is 9.84 Å². The highest BCUT2D eigenvalue weighted by Gasteiger charge is 2.09. The van der Waals surface area contributed by atoms with E-state index in [0.717, 1.165) is 11.8 Å². The minimum absolute atomic E-state index is 0.0936. The van der Waals surface area contributed by atoms with Gasteiger partial charge in [-0.05, 0) is 55.3 Å². The van der Waals surface area contributed by atoms with Crippen LogP contribution in [-0.4, -0.2) is 51.5 Å². The Morgan fingerprint density at radius 3 is 2.48 bits per heavy atom. The Labute approximate surface area is 171 Å². The predicted molar refractivity (Wildman–Crippen MR) is 110 cm³/mol. The number of rotatable bonds is 11. The van der Waals surface area contributed by atoms with E-state index in [2.05, 4.69) is 5.32 Å². The van der Waals surface area contributed by atoms with Crippen molar-refractivity contribution in [2.45, 2.75) is 30.8 Å². The summed E-state index contributed by atoms with van der Waals surface area (Å²) in [6, 6.07) is 13.7. The summed E-state index contributed by atoms with van der Waals surface area (Å²) < 4.78 is 33.8. The van der Waals surface area contributed by atoms with Crippen molar-refractivity contribution < 1.29 is 27.8 Å². The molecule has 158 valence electrons. The first kappa shape index (κ1) is 22.7. The Balaban J connectivity index is 1.59. The van der Waals surface area contributed by atoms with Crippen LogP contribution in [0.2, 0.25) is 0 Å². The number of carbonyl (C=O) groups is 1. The Kier molecular flexibility index (Phi) is 8.48. The molecular weight excluding hydrogens is 394 g/mol. The summed E-state index contributed by atoms with van der Waals surface area (Å²) in [7, 11) is -3.23. The third kappa shape index (κ3) is 8.53. The van der Waals surface area contributed by atoms with Crippen molar-refractivity contribution >= 4 is 15.7 Å². The molecule has 0 aliphatic heterocycles. The van der Waals surface area contributed by atoms with Crippen LogP contribution in [-0.2, 0) is 14.6 Å². The number of amides is 1. The van der Waals surface area contributed by atoms with Gasteiger partial charge in [0.2, 0.25) is 5.91 Å². The molecule has 1 unspecified atom stereocenters. The molecular formula is C21H27NO6S. The first-order chi connectivity index (χ1) is 13.7. The molecule has 0 heterocycles. The molecule has 0 radical (unpaired) electrons. The number of sulfone groups is 1. The molecule has 2 aromatic carbocycles. The number of aryl methyl sites for hydroxylation is 1. The third-order valence-electron chi connectivity index (χ3n) is 4.04. The van der Waals surface area contributed by atoms with E-state index in [1.165, 1.54) is 12.1 Å². The van der Waals surface area contributed by atoms with Crippen molar-refractivity contribution in [3.8, 4) is 11.5 Å². The zero-order chi connectivity index (χ0) is 21.3. The van der Waals surface area contributed by atoms with Gasteiger partial charge in [0.1, 0.15) is 24.2 Å². The van der Waals surface area contributed by atoms with Crippen molar-refractivity contribution in [3.63, 3.8) is 0 Å². The maximum Gasteiger partial charge on any atom is 0.220 e. The van der Waals surface area contributed by atoms with Gasteiger partial charge in [-0.2, -0.15) is 0 Å². The average molecular weight is 422 g/mol. The van der Waals surface area contributed by atoms with E-state index < -0.39 is 15.9 Å². The van der Waals surface area contributed by atoms with Gasteiger partial charge in [0.05, 0.1) is 11.5 Å². The first-order valence-corrected chi connectivity index (χ1v) is 11.2. The molecule has 8 heteroatoms. The van der Waals surface area contributed by atoms with Gasteiger partial charge >= 0.3 is 0 Å². The van der Waals surface area contributed by atoms with E-state index in [1.54, 1.807) is 12.1 Å². The van der Waals surface area contributed by atoms with Crippen LogP contribution in [0.25, 0.3) is 0 Å². The molecule has 2 aromatic rings. The summed E-state index contributed by atoms with van der Waals surface area (Å²) in [6.45, 7) is 2.48. The molecule has 2 N–H and O–H groups in total. The lowest BCUT2D eigenvalue weighted by Gasteiger charge is -2.13. The fraction of sp³-hybridized carbons (Fsp3) is 0.381. The lowest BCUT2D eigenvalue weighted by molar-refractivity contribution is -0.121. The average Bonchev–Trinajstić information content (AvgIpc) is 2.68.